The minimum absolute atomic E-state index is 0.0379. The van der Waals surface area contributed by atoms with E-state index in [4.69, 9.17) is 15.2 Å². The summed E-state index contributed by atoms with van der Waals surface area (Å²) < 4.78 is 36.4. The van der Waals surface area contributed by atoms with Gasteiger partial charge in [-0.1, -0.05) is 24.3 Å². The van der Waals surface area contributed by atoms with Crippen LogP contribution in [0.4, 0.5) is 5.69 Å². The molecular weight excluding hydrogens is 292 g/mol. The van der Waals surface area contributed by atoms with Crippen molar-refractivity contribution < 1.29 is 17.9 Å². The van der Waals surface area contributed by atoms with Crippen LogP contribution in [0.3, 0.4) is 0 Å². The first-order valence-electron chi connectivity index (χ1n) is 6.57. The first-order valence-corrected chi connectivity index (χ1v) is 8.23. The van der Waals surface area contributed by atoms with Crippen LogP contribution in [0.25, 0.3) is 0 Å². The molecule has 0 spiro atoms. The first kappa shape index (κ1) is 17.5. The number of nitrogens with two attached hydrogens (primary N) is 1. The van der Waals surface area contributed by atoms with E-state index in [1.165, 1.54) is 0 Å². The van der Waals surface area contributed by atoms with Crippen LogP contribution in [0.5, 0.6) is 5.75 Å². The van der Waals surface area contributed by atoms with E-state index in [-0.39, 0.29) is 18.9 Å². The summed E-state index contributed by atoms with van der Waals surface area (Å²) in [5, 5.41) is 0. The Balaban J connectivity index is 2.24. The van der Waals surface area contributed by atoms with Crippen molar-refractivity contribution in [1.82, 2.24) is 4.72 Å². The molecule has 0 saturated carbocycles. The standard InChI is InChI=1S/C14H22N2O4S/c1-12(2)11-19-8-7-16-21(17,18)10-9-20-14-6-4-3-5-13(14)15/h3-6,16H,1,7-11,15H2,2H3. The third-order valence-electron chi connectivity index (χ3n) is 2.45. The van der Waals surface area contributed by atoms with Crippen molar-refractivity contribution in [1.29, 1.82) is 0 Å². The van der Waals surface area contributed by atoms with Crippen LogP contribution >= 0.6 is 0 Å². The van der Waals surface area contributed by atoms with Gasteiger partial charge in [0.05, 0.1) is 24.7 Å². The van der Waals surface area contributed by atoms with Crippen molar-refractivity contribution in [3.63, 3.8) is 0 Å². The van der Waals surface area contributed by atoms with Crippen molar-refractivity contribution in [3.8, 4) is 5.75 Å². The molecule has 1 aromatic rings. The molecule has 21 heavy (non-hydrogen) atoms. The Morgan fingerprint density at radius 2 is 2.05 bits per heavy atom. The summed E-state index contributed by atoms with van der Waals surface area (Å²) in [4.78, 5) is 0. The average Bonchev–Trinajstić information content (AvgIpc) is 2.40. The Kier molecular flexibility index (Phi) is 7.21. The van der Waals surface area contributed by atoms with E-state index in [0.717, 1.165) is 5.57 Å². The summed E-state index contributed by atoms with van der Waals surface area (Å²) >= 11 is 0. The van der Waals surface area contributed by atoms with Crippen molar-refractivity contribution in [2.75, 3.05) is 37.9 Å². The van der Waals surface area contributed by atoms with Gasteiger partial charge in [-0.05, 0) is 19.1 Å². The number of anilines is 1. The summed E-state index contributed by atoms with van der Waals surface area (Å²) in [6.07, 6.45) is 0. The van der Waals surface area contributed by atoms with E-state index in [2.05, 4.69) is 11.3 Å². The zero-order valence-corrected chi connectivity index (χ0v) is 13.0. The Bertz CT molecular complexity index is 558. The maximum Gasteiger partial charge on any atom is 0.215 e. The number of sulfonamides is 1. The van der Waals surface area contributed by atoms with Gasteiger partial charge < -0.3 is 15.2 Å². The summed E-state index contributed by atoms with van der Waals surface area (Å²) in [6.45, 7) is 6.53. The Morgan fingerprint density at radius 1 is 1.33 bits per heavy atom. The smallest absolute Gasteiger partial charge is 0.215 e. The summed E-state index contributed by atoms with van der Waals surface area (Å²) in [5.74, 6) is 0.347. The fourth-order valence-electron chi connectivity index (χ4n) is 1.46. The molecule has 0 aliphatic rings. The van der Waals surface area contributed by atoms with Crippen LogP contribution in [0, 0.1) is 0 Å². The predicted octanol–water partition coefficient (Wildman–Crippen LogP) is 1.16. The van der Waals surface area contributed by atoms with E-state index in [9.17, 15) is 8.42 Å². The predicted molar refractivity (Wildman–Crippen MR) is 83.8 cm³/mol. The van der Waals surface area contributed by atoms with Gasteiger partial charge >= 0.3 is 0 Å². The quantitative estimate of drug-likeness (QED) is 0.384. The topological polar surface area (TPSA) is 90.6 Å². The second-order valence-electron chi connectivity index (χ2n) is 4.61. The van der Waals surface area contributed by atoms with Gasteiger partial charge in [0.15, 0.2) is 0 Å². The zero-order chi connectivity index (χ0) is 15.7. The molecule has 0 bridgehead atoms. The zero-order valence-electron chi connectivity index (χ0n) is 12.2. The first-order chi connectivity index (χ1) is 9.91. The van der Waals surface area contributed by atoms with E-state index < -0.39 is 10.0 Å². The van der Waals surface area contributed by atoms with Gasteiger partial charge in [0, 0.05) is 6.54 Å². The van der Waals surface area contributed by atoms with Gasteiger partial charge in [-0.3, -0.25) is 0 Å². The highest BCUT2D eigenvalue weighted by Gasteiger charge is 2.10. The molecule has 1 rings (SSSR count). The molecule has 6 nitrogen and oxygen atoms in total. The van der Waals surface area contributed by atoms with Crippen LogP contribution in [-0.2, 0) is 14.8 Å². The van der Waals surface area contributed by atoms with Crippen molar-refractivity contribution in [2.45, 2.75) is 6.92 Å². The summed E-state index contributed by atoms with van der Waals surface area (Å²) in [5.41, 5.74) is 7.07. The molecule has 3 N–H and O–H groups in total. The Hall–Kier alpha value is -1.57. The average molecular weight is 314 g/mol. The molecule has 0 saturated heterocycles. The number of hydrogen-bond donors (Lipinski definition) is 2. The van der Waals surface area contributed by atoms with Gasteiger partial charge in [-0.25, -0.2) is 13.1 Å². The number of benzene rings is 1. The lowest BCUT2D eigenvalue weighted by Crippen LogP contribution is -2.31. The number of ether oxygens (including phenoxy) is 2. The third-order valence-corrected chi connectivity index (χ3v) is 3.79. The molecular formula is C14H22N2O4S. The molecule has 1 aromatic carbocycles. The SMILES string of the molecule is C=C(C)COCCNS(=O)(=O)CCOc1ccccc1N. The van der Waals surface area contributed by atoms with E-state index in [1.807, 2.05) is 6.92 Å². The van der Waals surface area contributed by atoms with Crippen LogP contribution < -0.4 is 15.2 Å². The van der Waals surface area contributed by atoms with Crippen LogP contribution in [0.1, 0.15) is 6.92 Å². The van der Waals surface area contributed by atoms with E-state index in [1.54, 1.807) is 24.3 Å². The Morgan fingerprint density at radius 3 is 2.71 bits per heavy atom. The van der Waals surface area contributed by atoms with E-state index >= 15 is 0 Å². The third kappa shape index (κ3) is 7.69. The summed E-state index contributed by atoms with van der Waals surface area (Å²) in [6, 6.07) is 6.95. The van der Waals surface area contributed by atoms with Crippen molar-refractivity contribution in [2.24, 2.45) is 0 Å². The fourth-order valence-corrected chi connectivity index (χ4v) is 2.30. The number of hydrogen-bond acceptors (Lipinski definition) is 5. The van der Waals surface area contributed by atoms with Gasteiger partial charge in [0.25, 0.3) is 0 Å². The normalized spacial score (nSPS) is 11.3. The van der Waals surface area contributed by atoms with Crippen LogP contribution in [0.15, 0.2) is 36.4 Å². The molecule has 0 atom stereocenters. The maximum atomic E-state index is 11.7. The largest absolute Gasteiger partial charge is 0.490 e. The number of para-hydroxylation sites is 2. The van der Waals surface area contributed by atoms with E-state index in [0.29, 0.717) is 24.7 Å². The molecule has 0 fully saturated rings. The molecule has 0 radical (unpaired) electrons. The molecule has 0 aromatic heterocycles. The highest BCUT2D eigenvalue weighted by atomic mass is 32.2. The summed E-state index contributed by atoms with van der Waals surface area (Å²) in [7, 11) is -3.38. The minimum atomic E-state index is -3.38. The van der Waals surface area contributed by atoms with Gasteiger partial charge in [0.1, 0.15) is 12.4 Å². The van der Waals surface area contributed by atoms with Gasteiger partial charge in [-0.15, -0.1) is 0 Å². The minimum Gasteiger partial charge on any atom is -0.490 e. The lowest BCUT2D eigenvalue weighted by molar-refractivity contribution is 0.162. The van der Waals surface area contributed by atoms with Crippen LogP contribution in [-0.4, -0.2) is 40.5 Å². The second-order valence-corrected chi connectivity index (χ2v) is 6.54. The molecule has 7 heteroatoms. The molecule has 0 heterocycles. The molecule has 0 unspecified atom stereocenters. The molecule has 118 valence electrons. The van der Waals surface area contributed by atoms with Crippen molar-refractivity contribution >= 4 is 15.7 Å². The highest BCUT2D eigenvalue weighted by Crippen LogP contribution is 2.19. The Labute approximate surface area is 126 Å². The number of nitrogen functional groups attached to an aromatic ring is 1. The lowest BCUT2D eigenvalue weighted by atomic mass is 10.3. The van der Waals surface area contributed by atoms with Crippen molar-refractivity contribution in [3.05, 3.63) is 36.4 Å². The number of rotatable bonds is 10. The van der Waals surface area contributed by atoms with Crippen LogP contribution in [0.2, 0.25) is 0 Å². The molecule has 0 aliphatic carbocycles. The lowest BCUT2D eigenvalue weighted by Gasteiger charge is -2.10. The molecule has 0 aliphatic heterocycles. The fraction of sp³-hybridized carbons (Fsp3) is 0.429. The molecule has 0 amide bonds. The number of nitrogens with one attached hydrogen (secondary N) is 1. The van der Waals surface area contributed by atoms with Gasteiger partial charge in [-0.2, -0.15) is 0 Å². The maximum absolute atomic E-state index is 11.7. The second kappa shape index (κ2) is 8.66. The van der Waals surface area contributed by atoms with Gasteiger partial charge in [0.2, 0.25) is 10.0 Å². The monoisotopic (exact) mass is 314 g/mol. The highest BCUT2D eigenvalue weighted by molar-refractivity contribution is 7.89.